The molecule has 0 aromatic heterocycles. The van der Waals surface area contributed by atoms with Crippen molar-refractivity contribution >= 4 is 5.78 Å². The van der Waals surface area contributed by atoms with Crippen LogP contribution in [0.4, 0.5) is 0 Å². The maximum Gasteiger partial charge on any atom is 0.176 e. The van der Waals surface area contributed by atoms with E-state index in [1.807, 2.05) is 12.1 Å². The molecule has 1 N–H and O–H groups in total. The van der Waals surface area contributed by atoms with Gasteiger partial charge in [0.05, 0.1) is 6.54 Å². The highest BCUT2D eigenvalue weighted by Crippen LogP contribution is 2.30. The van der Waals surface area contributed by atoms with Gasteiger partial charge in [-0.1, -0.05) is 0 Å². The molecule has 1 aromatic rings. The Balaban J connectivity index is 1.69. The van der Waals surface area contributed by atoms with Crippen molar-refractivity contribution in [1.29, 1.82) is 0 Å². The zero-order valence-electron chi connectivity index (χ0n) is 10.9. The van der Waals surface area contributed by atoms with E-state index in [0.29, 0.717) is 31.1 Å². The Kier molecular flexibility index (Phi) is 3.66. The number of piperazine rings is 1. The zero-order valence-corrected chi connectivity index (χ0v) is 10.9. The molecular formula is C14H18N2O3. The van der Waals surface area contributed by atoms with E-state index in [1.54, 1.807) is 6.07 Å². The maximum absolute atomic E-state index is 12.2. The first-order valence-electron chi connectivity index (χ1n) is 6.69. The molecule has 1 aromatic carbocycles. The monoisotopic (exact) mass is 262 g/mol. The largest absolute Gasteiger partial charge is 0.486 e. The molecule has 2 aliphatic heterocycles. The molecule has 1 fully saturated rings. The number of nitrogens with zero attached hydrogens (tertiary/aromatic N) is 1. The van der Waals surface area contributed by atoms with Crippen LogP contribution in [0.1, 0.15) is 10.4 Å². The lowest BCUT2D eigenvalue weighted by Crippen LogP contribution is -2.45. The quantitative estimate of drug-likeness (QED) is 0.806. The third-order valence-electron chi connectivity index (χ3n) is 3.44. The van der Waals surface area contributed by atoms with E-state index in [-0.39, 0.29) is 5.78 Å². The lowest BCUT2D eigenvalue weighted by Gasteiger charge is -2.26. The van der Waals surface area contributed by atoms with Crippen LogP contribution in [0.3, 0.4) is 0 Å². The van der Waals surface area contributed by atoms with Crippen LogP contribution < -0.4 is 14.8 Å². The molecule has 3 rings (SSSR count). The van der Waals surface area contributed by atoms with Gasteiger partial charge in [0.25, 0.3) is 0 Å². The molecule has 2 aliphatic rings. The average molecular weight is 262 g/mol. The van der Waals surface area contributed by atoms with Crippen LogP contribution in [0.5, 0.6) is 11.5 Å². The highest BCUT2D eigenvalue weighted by atomic mass is 16.6. The topological polar surface area (TPSA) is 50.8 Å². The zero-order chi connectivity index (χ0) is 13.1. The molecule has 19 heavy (non-hydrogen) atoms. The van der Waals surface area contributed by atoms with E-state index < -0.39 is 0 Å². The normalized spacial score (nSPS) is 19.2. The molecule has 0 atom stereocenters. The molecule has 0 bridgehead atoms. The van der Waals surface area contributed by atoms with Gasteiger partial charge in [0.2, 0.25) is 0 Å². The summed E-state index contributed by atoms with van der Waals surface area (Å²) in [6.07, 6.45) is 0. The van der Waals surface area contributed by atoms with Gasteiger partial charge in [-0.2, -0.15) is 0 Å². The predicted octanol–water partition coefficient (Wildman–Crippen LogP) is 0.546. The van der Waals surface area contributed by atoms with Crippen LogP contribution in [-0.2, 0) is 0 Å². The highest BCUT2D eigenvalue weighted by molar-refractivity contribution is 5.98. The fraction of sp³-hybridized carbons (Fsp3) is 0.500. The van der Waals surface area contributed by atoms with Crippen molar-refractivity contribution in [3.63, 3.8) is 0 Å². The summed E-state index contributed by atoms with van der Waals surface area (Å²) in [6.45, 7) is 5.35. The van der Waals surface area contributed by atoms with Gasteiger partial charge in [0.15, 0.2) is 17.3 Å². The smallest absolute Gasteiger partial charge is 0.176 e. The SMILES string of the molecule is O=C(CN1CCNCC1)c1ccc2c(c1)OCCO2. The number of fused-ring (bicyclic) bond motifs is 1. The highest BCUT2D eigenvalue weighted by Gasteiger charge is 2.18. The first-order valence-corrected chi connectivity index (χ1v) is 6.69. The number of ketones is 1. The summed E-state index contributed by atoms with van der Waals surface area (Å²) in [7, 11) is 0. The Morgan fingerprint density at radius 3 is 2.68 bits per heavy atom. The standard InChI is InChI=1S/C14H18N2O3/c17-12(10-16-5-3-15-4-6-16)11-1-2-13-14(9-11)19-8-7-18-13/h1-2,9,15H,3-8,10H2. The third-order valence-corrected chi connectivity index (χ3v) is 3.44. The van der Waals surface area contributed by atoms with E-state index in [2.05, 4.69) is 10.2 Å². The number of benzene rings is 1. The Bertz CT molecular complexity index is 470. The molecule has 0 saturated carbocycles. The number of carbonyl (C=O) groups is 1. The molecular weight excluding hydrogens is 244 g/mol. The van der Waals surface area contributed by atoms with Gasteiger partial charge in [0.1, 0.15) is 13.2 Å². The minimum Gasteiger partial charge on any atom is -0.486 e. The Labute approximate surface area is 112 Å². The summed E-state index contributed by atoms with van der Waals surface area (Å²) in [5, 5.41) is 3.28. The number of nitrogens with one attached hydrogen (secondary N) is 1. The molecule has 2 heterocycles. The fourth-order valence-corrected chi connectivity index (χ4v) is 2.38. The number of carbonyl (C=O) groups excluding carboxylic acids is 1. The molecule has 0 unspecified atom stereocenters. The second-order valence-corrected chi connectivity index (χ2v) is 4.81. The second kappa shape index (κ2) is 5.59. The molecule has 5 heteroatoms. The van der Waals surface area contributed by atoms with Gasteiger partial charge in [0, 0.05) is 31.7 Å². The van der Waals surface area contributed by atoms with Gasteiger partial charge in [-0.3, -0.25) is 9.69 Å². The van der Waals surface area contributed by atoms with Crippen LogP contribution in [0.15, 0.2) is 18.2 Å². The number of hydrogen-bond acceptors (Lipinski definition) is 5. The lowest BCUT2D eigenvalue weighted by atomic mass is 10.1. The average Bonchev–Trinajstić information content (AvgIpc) is 2.48. The van der Waals surface area contributed by atoms with Crippen LogP contribution in [0.2, 0.25) is 0 Å². The fourth-order valence-electron chi connectivity index (χ4n) is 2.38. The first kappa shape index (κ1) is 12.4. The Morgan fingerprint density at radius 1 is 1.16 bits per heavy atom. The van der Waals surface area contributed by atoms with E-state index in [4.69, 9.17) is 9.47 Å². The van der Waals surface area contributed by atoms with Crippen molar-refractivity contribution in [3.8, 4) is 11.5 Å². The summed E-state index contributed by atoms with van der Waals surface area (Å²) < 4.78 is 11.0. The molecule has 5 nitrogen and oxygen atoms in total. The molecule has 0 aliphatic carbocycles. The van der Waals surface area contributed by atoms with E-state index in [9.17, 15) is 4.79 Å². The summed E-state index contributed by atoms with van der Waals surface area (Å²) in [6, 6.07) is 5.43. The summed E-state index contributed by atoms with van der Waals surface area (Å²) in [5.74, 6) is 1.54. The van der Waals surface area contributed by atoms with Crippen molar-refractivity contribution < 1.29 is 14.3 Å². The number of ether oxygens (including phenoxy) is 2. The Morgan fingerprint density at radius 2 is 1.89 bits per heavy atom. The van der Waals surface area contributed by atoms with Gasteiger partial charge in [-0.25, -0.2) is 0 Å². The minimum atomic E-state index is 0.138. The lowest BCUT2D eigenvalue weighted by molar-refractivity contribution is 0.0920. The maximum atomic E-state index is 12.2. The summed E-state index contributed by atoms with van der Waals surface area (Å²) in [5.41, 5.74) is 0.697. The van der Waals surface area contributed by atoms with Crippen LogP contribution >= 0.6 is 0 Å². The summed E-state index contributed by atoms with van der Waals surface area (Å²) in [4.78, 5) is 14.4. The van der Waals surface area contributed by atoms with Gasteiger partial charge in [-0.05, 0) is 18.2 Å². The second-order valence-electron chi connectivity index (χ2n) is 4.81. The summed E-state index contributed by atoms with van der Waals surface area (Å²) >= 11 is 0. The van der Waals surface area contributed by atoms with Crippen LogP contribution in [-0.4, -0.2) is 56.6 Å². The molecule has 102 valence electrons. The molecule has 0 spiro atoms. The van der Waals surface area contributed by atoms with Crippen molar-refractivity contribution in [2.45, 2.75) is 0 Å². The molecule has 1 saturated heterocycles. The van der Waals surface area contributed by atoms with E-state index in [1.165, 1.54) is 0 Å². The van der Waals surface area contributed by atoms with E-state index in [0.717, 1.165) is 31.9 Å². The molecule has 0 amide bonds. The molecule has 0 radical (unpaired) electrons. The predicted molar refractivity (Wildman–Crippen MR) is 71.1 cm³/mol. The minimum absolute atomic E-state index is 0.138. The van der Waals surface area contributed by atoms with Gasteiger partial charge >= 0.3 is 0 Å². The number of hydrogen-bond donors (Lipinski definition) is 1. The Hall–Kier alpha value is -1.59. The van der Waals surface area contributed by atoms with E-state index >= 15 is 0 Å². The van der Waals surface area contributed by atoms with Gasteiger partial charge < -0.3 is 14.8 Å². The first-order chi connectivity index (χ1) is 9.33. The van der Waals surface area contributed by atoms with Crippen molar-refractivity contribution in [2.24, 2.45) is 0 Å². The third kappa shape index (κ3) is 2.88. The van der Waals surface area contributed by atoms with Crippen LogP contribution in [0.25, 0.3) is 0 Å². The van der Waals surface area contributed by atoms with Crippen molar-refractivity contribution in [1.82, 2.24) is 10.2 Å². The van der Waals surface area contributed by atoms with Crippen molar-refractivity contribution in [2.75, 3.05) is 45.9 Å². The number of Topliss-reactive ketones (excluding diaryl/α,β-unsaturated/α-hetero) is 1. The van der Waals surface area contributed by atoms with Crippen molar-refractivity contribution in [3.05, 3.63) is 23.8 Å². The number of rotatable bonds is 3. The van der Waals surface area contributed by atoms with Crippen LogP contribution in [0, 0.1) is 0 Å². The van der Waals surface area contributed by atoms with Gasteiger partial charge in [-0.15, -0.1) is 0 Å².